The van der Waals surface area contributed by atoms with Gasteiger partial charge in [0.05, 0.1) is 6.20 Å². The number of likely N-dealkylation sites (tertiary alicyclic amines) is 1. The van der Waals surface area contributed by atoms with Crippen molar-refractivity contribution in [3.05, 3.63) is 18.0 Å². The topological polar surface area (TPSA) is 33.1 Å². The van der Waals surface area contributed by atoms with Gasteiger partial charge in [0.25, 0.3) is 0 Å². The Labute approximate surface area is 117 Å². The SMILES string of the molecule is CCCN1CCCC(CNC)C1c1cnn(CC)c1. The highest BCUT2D eigenvalue weighted by molar-refractivity contribution is 5.13. The minimum atomic E-state index is 0.543. The molecule has 4 heteroatoms. The lowest BCUT2D eigenvalue weighted by atomic mass is 9.85. The zero-order valence-electron chi connectivity index (χ0n) is 12.6. The lowest BCUT2D eigenvalue weighted by Crippen LogP contribution is -2.42. The minimum absolute atomic E-state index is 0.543. The Bertz CT molecular complexity index is 356. The molecule has 1 saturated heterocycles. The third-order valence-corrected chi connectivity index (χ3v) is 4.16. The summed E-state index contributed by atoms with van der Waals surface area (Å²) in [6.07, 6.45) is 8.19. The van der Waals surface area contributed by atoms with Gasteiger partial charge in [-0.3, -0.25) is 9.58 Å². The van der Waals surface area contributed by atoms with Crippen LogP contribution < -0.4 is 5.32 Å². The summed E-state index contributed by atoms with van der Waals surface area (Å²) in [5.41, 5.74) is 1.40. The molecule has 1 fully saturated rings. The molecule has 0 amide bonds. The van der Waals surface area contributed by atoms with Gasteiger partial charge in [-0.2, -0.15) is 5.10 Å². The van der Waals surface area contributed by atoms with Crippen LogP contribution in [0.15, 0.2) is 12.4 Å². The van der Waals surface area contributed by atoms with E-state index < -0.39 is 0 Å². The molecule has 0 spiro atoms. The third kappa shape index (κ3) is 3.37. The molecule has 1 N–H and O–H groups in total. The number of hydrogen-bond donors (Lipinski definition) is 1. The van der Waals surface area contributed by atoms with Gasteiger partial charge in [0.15, 0.2) is 0 Å². The fourth-order valence-electron chi connectivity index (χ4n) is 3.35. The van der Waals surface area contributed by atoms with E-state index in [1.54, 1.807) is 0 Å². The zero-order valence-corrected chi connectivity index (χ0v) is 12.6. The van der Waals surface area contributed by atoms with Gasteiger partial charge >= 0.3 is 0 Å². The summed E-state index contributed by atoms with van der Waals surface area (Å²) in [5, 5.41) is 7.84. The zero-order chi connectivity index (χ0) is 13.7. The molecule has 2 atom stereocenters. The molecule has 108 valence electrons. The minimum Gasteiger partial charge on any atom is -0.319 e. The fourth-order valence-corrected chi connectivity index (χ4v) is 3.35. The largest absolute Gasteiger partial charge is 0.319 e. The molecule has 1 aliphatic heterocycles. The molecule has 19 heavy (non-hydrogen) atoms. The van der Waals surface area contributed by atoms with Gasteiger partial charge < -0.3 is 5.32 Å². The summed E-state index contributed by atoms with van der Waals surface area (Å²) in [6.45, 7) is 8.90. The average molecular weight is 264 g/mol. The van der Waals surface area contributed by atoms with Crippen molar-refractivity contribution in [3.8, 4) is 0 Å². The predicted molar refractivity (Wildman–Crippen MR) is 79.2 cm³/mol. The second-order valence-electron chi connectivity index (χ2n) is 5.57. The number of aromatic nitrogens is 2. The maximum absolute atomic E-state index is 4.47. The Morgan fingerprint density at radius 3 is 2.89 bits per heavy atom. The lowest BCUT2D eigenvalue weighted by molar-refractivity contribution is 0.0924. The van der Waals surface area contributed by atoms with Gasteiger partial charge in [-0.1, -0.05) is 6.92 Å². The van der Waals surface area contributed by atoms with Crippen LogP contribution in [0.3, 0.4) is 0 Å². The van der Waals surface area contributed by atoms with Crippen molar-refractivity contribution in [1.82, 2.24) is 20.0 Å². The molecule has 0 aliphatic carbocycles. The van der Waals surface area contributed by atoms with Crippen LogP contribution in [0.5, 0.6) is 0 Å². The highest BCUT2D eigenvalue weighted by atomic mass is 15.3. The van der Waals surface area contributed by atoms with Crippen LogP contribution in [0.25, 0.3) is 0 Å². The van der Waals surface area contributed by atoms with E-state index in [1.165, 1.54) is 37.9 Å². The Hall–Kier alpha value is -0.870. The van der Waals surface area contributed by atoms with E-state index in [9.17, 15) is 0 Å². The number of rotatable bonds is 6. The van der Waals surface area contributed by atoms with Gasteiger partial charge in [-0.05, 0) is 58.8 Å². The molecule has 2 unspecified atom stereocenters. The van der Waals surface area contributed by atoms with Crippen molar-refractivity contribution in [2.45, 2.75) is 45.7 Å². The van der Waals surface area contributed by atoms with Crippen molar-refractivity contribution in [3.63, 3.8) is 0 Å². The van der Waals surface area contributed by atoms with Gasteiger partial charge in [-0.15, -0.1) is 0 Å². The number of hydrogen-bond acceptors (Lipinski definition) is 3. The van der Waals surface area contributed by atoms with Crippen LogP contribution >= 0.6 is 0 Å². The van der Waals surface area contributed by atoms with E-state index >= 15 is 0 Å². The quantitative estimate of drug-likeness (QED) is 0.856. The molecule has 0 bridgehead atoms. The predicted octanol–water partition coefficient (Wildman–Crippen LogP) is 2.29. The molecular weight excluding hydrogens is 236 g/mol. The first-order chi connectivity index (χ1) is 9.30. The van der Waals surface area contributed by atoms with Crippen LogP contribution in [0.4, 0.5) is 0 Å². The molecule has 1 aliphatic rings. The van der Waals surface area contributed by atoms with Crippen molar-refractivity contribution in [1.29, 1.82) is 0 Å². The monoisotopic (exact) mass is 264 g/mol. The number of nitrogens with zero attached hydrogens (tertiary/aromatic N) is 3. The van der Waals surface area contributed by atoms with Gasteiger partial charge in [0.1, 0.15) is 0 Å². The Kier molecular flexibility index (Phi) is 5.40. The molecule has 0 saturated carbocycles. The summed E-state index contributed by atoms with van der Waals surface area (Å²) >= 11 is 0. The maximum Gasteiger partial charge on any atom is 0.0537 e. The average Bonchev–Trinajstić information content (AvgIpc) is 2.88. The van der Waals surface area contributed by atoms with E-state index in [0.29, 0.717) is 12.0 Å². The molecule has 0 radical (unpaired) electrons. The van der Waals surface area contributed by atoms with Crippen LogP contribution in [0, 0.1) is 5.92 Å². The smallest absolute Gasteiger partial charge is 0.0537 e. The standard InChI is InChI=1S/C15H28N4/c1-4-8-18-9-6-7-13(10-16-3)15(18)14-11-17-19(5-2)12-14/h11-13,15-16H,4-10H2,1-3H3. The number of piperidine rings is 1. The van der Waals surface area contributed by atoms with Crippen LogP contribution in [0.1, 0.15) is 44.7 Å². The number of aryl methyl sites for hydroxylation is 1. The lowest BCUT2D eigenvalue weighted by Gasteiger charge is -2.41. The first-order valence-corrected chi connectivity index (χ1v) is 7.71. The summed E-state index contributed by atoms with van der Waals surface area (Å²) in [4.78, 5) is 2.66. The van der Waals surface area contributed by atoms with Gasteiger partial charge in [0.2, 0.25) is 0 Å². The van der Waals surface area contributed by atoms with Crippen LogP contribution in [-0.4, -0.2) is 41.4 Å². The second-order valence-corrected chi connectivity index (χ2v) is 5.57. The van der Waals surface area contributed by atoms with Crippen molar-refractivity contribution in [2.24, 2.45) is 5.92 Å². The normalized spacial score (nSPS) is 24.8. The fraction of sp³-hybridized carbons (Fsp3) is 0.800. The Morgan fingerprint density at radius 2 is 2.26 bits per heavy atom. The number of nitrogens with one attached hydrogen (secondary N) is 1. The molecule has 1 aromatic heterocycles. The molecule has 4 nitrogen and oxygen atoms in total. The Morgan fingerprint density at radius 1 is 1.42 bits per heavy atom. The van der Waals surface area contributed by atoms with E-state index in [2.05, 4.69) is 48.6 Å². The highest BCUT2D eigenvalue weighted by Crippen LogP contribution is 2.35. The third-order valence-electron chi connectivity index (χ3n) is 4.16. The first-order valence-electron chi connectivity index (χ1n) is 7.71. The van der Waals surface area contributed by atoms with Gasteiger partial charge in [-0.25, -0.2) is 0 Å². The summed E-state index contributed by atoms with van der Waals surface area (Å²) in [6, 6.07) is 0.543. The van der Waals surface area contributed by atoms with E-state index in [0.717, 1.165) is 13.1 Å². The van der Waals surface area contributed by atoms with E-state index in [4.69, 9.17) is 0 Å². The highest BCUT2D eigenvalue weighted by Gasteiger charge is 2.32. The molecule has 0 aromatic carbocycles. The van der Waals surface area contributed by atoms with Crippen molar-refractivity contribution >= 4 is 0 Å². The molecule has 1 aromatic rings. The maximum atomic E-state index is 4.47. The van der Waals surface area contributed by atoms with Crippen molar-refractivity contribution in [2.75, 3.05) is 26.7 Å². The summed E-state index contributed by atoms with van der Waals surface area (Å²) < 4.78 is 2.05. The summed E-state index contributed by atoms with van der Waals surface area (Å²) in [7, 11) is 2.06. The van der Waals surface area contributed by atoms with E-state index in [-0.39, 0.29) is 0 Å². The molecule has 2 heterocycles. The van der Waals surface area contributed by atoms with E-state index in [1.807, 2.05) is 4.68 Å². The second kappa shape index (κ2) is 7.06. The van der Waals surface area contributed by atoms with Crippen molar-refractivity contribution < 1.29 is 0 Å². The van der Waals surface area contributed by atoms with Crippen LogP contribution in [-0.2, 0) is 6.54 Å². The summed E-state index contributed by atoms with van der Waals surface area (Å²) in [5.74, 6) is 0.708. The van der Waals surface area contributed by atoms with Gasteiger partial charge in [0, 0.05) is 24.3 Å². The first kappa shape index (κ1) is 14.5. The Balaban J connectivity index is 2.20. The molecular formula is C15H28N4. The molecule has 2 rings (SSSR count). The van der Waals surface area contributed by atoms with Crippen LogP contribution in [0.2, 0.25) is 0 Å².